The Balaban J connectivity index is 2.17. The van der Waals surface area contributed by atoms with Crippen molar-refractivity contribution >= 4 is 22.9 Å². The van der Waals surface area contributed by atoms with E-state index < -0.39 is 6.04 Å². The van der Waals surface area contributed by atoms with Crippen LogP contribution in [0.4, 0.5) is 5.69 Å². The number of amides is 1. The predicted octanol–water partition coefficient (Wildman–Crippen LogP) is 2.71. The summed E-state index contributed by atoms with van der Waals surface area (Å²) in [5.74, 6) is -0.0336. The third-order valence-corrected chi connectivity index (χ3v) is 3.89. The second-order valence-corrected chi connectivity index (χ2v) is 5.42. The number of nitrogens with two attached hydrogens (primary N) is 1. The topological polar surface area (TPSA) is 75.4 Å². The summed E-state index contributed by atoms with van der Waals surface area (Å²) in [4.78, 5) is 12.9. The van der Waals surface area contributed by atoms with Gasteiger partial charge < -0.3 is 16.2 Å². The van der Waals surface area contributed by atoms with Crippen molar-refractivity contribution in [2.45, 2.75) is 19.9 Å². The first-order valence-corrected chi connectivity index (χ1v) is 6.77. The summed E-state index contributed by atoms with van der Waals surface area (Å²) in [6.45, 7) is 3.61. The fourth-order valence-corrected chi connectivity index (χ4v) is 2.47. The lowest BCUT2D eigenvalue weighted by molar-refractivity contribution is -0.117. The molecule has 0 aliphatic carbocycles. The first-order valence-electron chi connectivity index (χ1n) is 5.89. The quantitative estimate of drug-likeness (QED) is 0.754. The minimum absolute atomic E-state index is 0.220. The minimum Gasteiger partial charge on any atom is -0.508 e. The molecule has 0 aliphatic heterocycles. The molecule has 100 valence electrons. The minimum atomic E-state index is -0.673. The van der Waals surface area contributed by atoms with Gasteiger partial charge in [0.15, 0.2) is 0 Å². The number of aromatic hydroxyl groups is 1. The van der Waals surface area contributed by atoms with Crippen molar-refractivity contribution in [1.29, 1.82) is 0 Å². The summed E-state index contributed by atoms with van der Waals surface area (Å²) >= 11 is 1.45. The number of anilines is 1. The van der Waals surface area contributed by atoms with Crippen molar-refractivity contribution in [3.63, 3.8) is 0 Å². The van der Waals surface area contributed by atoms with E-state index in [1.165, 1.54) is 11.3 Å². The summed E-state index contributed by atoms with van der Waals surface area (Å²) in [6.07, 6.45) is 0. The molecular weight excluding hydrogens is 260 g/mol. The van der Waals surface area contributed by atoms with Crippen LogP contribution in [0.5, 0.6) is 5.75 Å². The summed E-state index contributed by atoms with van der Waals surface area (Å²) in [5, 5.41) is 14.3. The Morgan fingerprint density at radius 2 is 2.11 bits per heavy atom. The molecule has 0 bridgehead atoms. The van der Waals surface area contributed by atoms with Crippen LogP contribution in [-0.4, -0.2) is 11.0 Å². The van der Waals surface area contributed by atoms with E-state index in [-0.39, 0.29) is 11.7 Å². The van der Waals surface area contributed by atoms with E-state index in [9.17, 15) is 9.90 Å². The maximum Gasteiger partial charge on any atom is 0.246 e. The Labute approximate surface area is 115 Å². The van der Waals surface area contributed by atoms with Gasteiger partial charge in [0.25, 0.3) is 0 Å². The number of phenolic OH excluding ortho intramolecular Hbond substituents is 1. The number of nitrogens with one attached hydrogen (secondary N) is 1. The van der Waals surface area contributed by atoms with E-state index in [1.807, 2.05) is 24.4 Å². The monoisotopic (exact) mass is 276 g/mol. The third kappa shape index (κ3) is 2.94. The van der Waals surface area contributed by atoms with Crippen molar-refractivity contribution in [3.8, 4) is 5.75 Å². The second kappa shape index (κ2) is 5.42. The highest BCUT2D eigenvalue weighted by atomic mass is 32.1. The molecule has 1 atom stereocenters. The molecule has 0 fully saturated rings. The summed E-state index contributed by atoms with van der Waals surface area (Å²) in [6, 6.07) is 6.40. The average molecular weight is 276 g/mol. The number of thiophene rings is 1. The lowest BCUT2D eigenvalue weighted by atomic mass is 10.1. The van der Waals surface area contributed by atoms with Crippen LogP contribution < -0.4 is 11.1 Å². The SMILES string of the molecule is Cc1cc(NC(=O)C(N)c2cccs2)c(C)cc1O. The van der Waals surface area contributed by atoms with Gasteiger partial charge in [0.2, 0.25) is 5.91 Å². The van der Waals surface area contributed by atoms with Gasteiger partial charge in [-0.1, -0.05) is 6.07 Å². The van der Waals surface area contributed by atoms with Gasteiger partial charge in [-0.2, -0.15) is 0 Å². The van der Waals surface area contributed by atoms with Gasteiger partial charge in [0, 0.05) is 10.6 Å². The number of carbonyl (C=O) groups is 1. The van der Waals surface area contributed by atoms with Crippen LogP contribution in [0.2, 0.25) is 0 Å². The zero-order chi connectivity index (χ0) is 14.0. The molecule has 1 aromatic heterocycles. The van der Waals surface area contributed by atoms with Crippen LogP contribution in [-0.2, 0) is 4.79 Å². The molecule has 0 saturated heterocycles. The number of carbonyl (C=O) groups excluding carboxylic acids is 1. The summed E-state index contributed by atoms with van der Waals surface area (Å²) < 4.78 is 0. The molecule has 1 amide bonds. The number of phenols is 1. The van der Waals surface area contributed by atoms with Gasteiger partial charge in [-0.15, -0.1) is 11.3 Å². The number of aryl methyl sites for hydroxylation is 2. The van der Waals surface area contributed by atoms with Gasteiger partial charge in [0.1, 0.15) is 11.8 Å². The molecule has 4 N–H and O–H groups in total. The number of hydrogen-bond donors (Lipinski definition) is 3. The van der Waals surface area contributed by atoms with Gasteiger partial charge in [0.05, 0.1) is 0 Å². The molecule has 1 heterocycles. The molecular formula is C14H16N2O2S. The molecule has 4 nitrogen and oxygen atoms in total. The Bertz CT molecular complexity index is 594. The zero-order valence-corrected chi connectivity index (χ0v) is 11.6. The van der Waals surface area contributed by atoms with Crippen molar-refractivity contribution in [2.75, 3.05) is 5.32 Å². The van der Waals surface area contributed by atoms with Crippen LogP contribution in [0.3, 0.4) is 0 Å². The van der Waals surface area contributed by atoms with Crippen LogP contribution in [0, 0.1) is 13.8 Å². The van der Waals surface area contributed by atoms with E-state index in [4.69, 9.17) is 5.73 Å². The van der Waals surface area contributed by atoms with Gasteiger partial charge in [-0.25, -0.2) is 0 Å². The van der Waals surface area contributed by atoms with E-state index in [0.717, 1.165) is 10.4 Å². The van der Waals surface area contributed by atoms with Gasteiger partial charge in [-0.3, -0.25) is 4.79 Å². The number of rotatable bonds is 3. The molecule has 19 heavy (non-hydrogen) atoms. The highest BCUT2D eigenvalue weighted by molar-refractivity contribution is 7.10. The Morgan fingerprint density at radius 3 is 2.74 bits per heavy atom. The van der Waals surface area contributed by atoms with Crippen molar-refractivity contribution in [2.24, 2.45) is 5.73 Å². The van der Waals surface area contributed by atoms with Crippen molar-refractivity contribution < 1.29 is 9.90 Å². The largest absolute Gasteiger partial charge is 0.508 e. The fraction of sp³-hybridized carbons (Fsp3) is 0.214. The molecule has 0 spiro atoms. The zero-order valence-electron chi connectivity index (χ0n) is 10.8. The van der Waals surface area contributed by atoms with Crippen LogP contribution in [0.1, 0.15) is 22.0 Å². The smallest absolute Gasteiger partial charge is 0.246 e. The maximum absolute atomic E-state index is 12.1. The molecule has 2 rings (SSSR count). The number of benzene rings is 1. The highest BCUT2D eigenvalue weighted by Crippen LogP contribution is 2.26. The van der Waals surface area contributed by atoms with Gasteiger partial charge in [-0.05, 0) is 48.6 Å². The van der Waals surface area contributed by atoms with Crippen LogP contribution in [0.25, 0.3) is 0 Å². The average Bonchev–Trinajstić information content (AvgIpc) is 2.88. The fourth-order valence-electron chi connectivity index (χ4n) is 1.74. The van der Waals surface area contributed by atoms with E-state index in [1.54, 1.807) is 19.1 Å². The van der Waals surface area contributed by atoms with Crippen molar-refractivity contribution in [3.05, 3.63) is 45.6 Å². The summed E-state index contributed by atoms with van der Waals surface area (Å²) in [7, 11) is 0. The first-order chi connectivity index (χ1) is 8.99. The Kier molecular flexibility index (Phi) is 3.87. The third-order valence-electron chi connectivity index (χ3n) is 2.93. The Hall–Kier alpha value is -1.85. The molecule has 0 aliphatic rings. The first kappa shape index (κ1) is 13.6. The van der Waals surface area contributed by atoms with E-state index in [0.29, 0.717) is 11.3 Å². The number of hydrogen-bond acceptors (Lipinski definition) is 4. The Morgan fingerprint density at radius 1 is 1.37 bits per heavy atom. The summed E-state index contributed by atoms with van der Waals surface area (Å²) in [5.41, 5.74) is 8.09. The van der Waals surface area contributed by atoms with E-state index in [2.05, 4.69) is 5.32 Å². The molecule has 0 saturated carbocycles. The van der Waals surface area contributed by atoms with Crippen molar-refractivity contribution in [1.82, 2.24) is 0 Å². The molecule has 2 aromatic rings. The molecule has 1 unspecified atom stereocenters. The molecule has 0 radical (unpaired) electrons. The van der Waals surface area contributed by atoms with E-state index >= 15 is 0 Å². The standard InChI is InChI=1S/C14H16N2O2S/c1-8-7-11(17)9(2)6-10(8)16-14(18)13(15)12-4-3-5-19-12/h3-7,13,17H,15H2,1-2H3,(H,16,18). The van der Waals surface area contributed by atoms with Crippen LogP contribution >= 0.6 is 11.3 Å². The highest BCUT2D eigenvalue weighted by Gasteiger charge is 2.17. The second-order valence-electron chi connectivity index (χ2n) is 4.44. The predicted molar refractivity (Wildman–Crippen MR) is 77.5 cm³/mol. The molecule has 5 heteroatoms. The maximum atomic E-state index is 12.1. The lowest BCUT2D eigenvalue weighted by Crippen LogP contribution is -2.27. The normalized spacial score (nSPS) is 12.2. The van der Waals surface area contributed by atoms with Gasteiger partial charge >= 0.3 is 0 Å². The molecule has 1 aromatic carbocycles. The lowest BCUT2D eigenvalue weighted by Gasteiger charge is -2.14. The van der Waals surface area contributed by atoms with Crippen LogP contribution in [0.15, 0.2) is 29.6 Å².